The van der Waals surface area contributed by atoms with Crippen LogP contribution in [0.2, 0.25) is 0 Å². The Morgan fingerprint density at radius 3 is 2.14 bits per heavy atom. The largest absolute Gasteiger partial charge is 0.478 e. The predicted molar refractivity (Wildman–Crippen MR) is 95.5 cm³/mol. The number of ether oxygens (including phenoxy) is 4. The summed E-state index contributed by atoms with van der Waals surface area (Å²) in [6.07, 6.45) is 1.05. The number of nitrogens with zero attached hydrogens (tertiary/aromatic N) is 2. The van der Waals surface area contributed by atoms with Crippen molar-refractivity contribution in [1.29, 1.82) is 0 Å². The van der Waals surface area contributed by atoms with E-state index in [1.54, 1.807) is 13.8 Å². The zero-order valence-corrected chi connectivity index (χ0v) is 15.3. The number of rotatable bonds is 9. The van der Waals surface area contributed by atoms with Crippen molar-refractivity contribution in [3.63, 3.8) is 0 Å². The Morgan fingerprint density at radius 2 is 1.61 bits per heavy atom. The third kappa shape index (κ3) is 5.42. The van der Waals surface area contributed by atoms with Gasteiger partial charge in [0.25, 0.3) is 6.21 Å². The van der Waals surface area contributed by atoms with Crippen molar-refractivity contribution in [1.82, 2.24) is 0 Å². The lowest BCUT2D eigenvalue weighted by molar-refractivity contribution is -0.146. The van der Waals surface area contributed by atoms with Gasteiger partial charge in [-0.25, -0.2) is 14.4 Å². The SMILES string of the molecule is CCOC(=O)COc1cc2oc(=O)cc(C=[N+]=[N-])c2cc1OCC(=O)OCC. The molecule has 148 valence electrons. The van der Waals surface area contributed by atoms with Crippen molar-refractivity contribution >= 4 is 29.1 Å². The van der Waals surface area contributed by atoms with Crippen molar-refractivity contribution in [2.24, 2.45) is 0 Å². The van der Waals surface area contributed by atoms with Crippen LogP contribution in [0.15, 0.2) is 27.4 Å². The number of carbonyl (C=O) groups excluding carboxylic acids is 2. The van der Waals surface area contributed by atoms with Crippen LogP contribution in [0, 0.1) is 0 Å². The second-order valence-electron chi connectivity index (χ2n) is 5.25. The summed E-state index contributed by atoms with van der Waals surface area (Å²) in [5.74, 6) is -1.07. The van der Waals surface area contributed by atoms with Gasteiger partial charge in [0.05, 0.1) is 18.8 Å². The molecule has 0 spiro atoms. The van der Waals surface area contributed by atoms with Crippen molar-refractivity contribution in [2.75, 3.05) is 26.4 Å². The Hall–Kier alpha value is -3.65. The third-order valence-corrected chi connectivity index (χ3v) is 3.34. The van der Waals surface area contributed by atoms with Gasteiger partial charge in [-0.2, -0.15) is 4.79 Å². The Bertz CT molecular complexity index is 975. The minimum atomic E-state index is -0.682. The van der Waals surface area contributed by atoms with E-state index >= 15 is 0 Å². The smallest absolute Gasteiger partial charge is 0.344 e. The fraction of sp³-hybridized carbons (Fsp3) is 0.333. The maximum absolute atomic E-state index is 11.7. The quantitative estimate of drug-likeness (QED) is 0.205. The Balaban J connectivity index is 2.45. The maximum Gasteiger partial charge on any atom is 0.344 e. The van der Waals surface area contributed by atoms with E-state index in [0.29, 0.717) is 5.39 Å². The number of hydrogen-bond donors (Lipinski definition) is 0. The molecule has 0 fully saturated rings. The normalized spacial score (nSPS) is 10.1. The molecule has 0 saturated heterocycles. The highest BCUT2D eigenvalue weighted by Crippen LogP contribution is 2.33. The predicted octanol–water partition coefficient (Wildman–Crippen LogP) is 1.33. The maximum atomic E-state index is 11.7. The van der Waals surface area contributed by atoms with Crippen LogP contribution in [-0.2, 0) is 19.1 Å². The monoisotopic (exact) mass is 390 g/mol. The summed E-state index contributed by atoms with van der Waals surface area (Å²) in [4.78, 5) is 37.7. The first-order valence-electron chi connectivity index (χ1n) is 8.34. The molecule has 0 unspecified atom stereocenters. The molecule has 1 aromatic heterocycles. The van der Waals surface area contributed by atoms with Crippen molar-refractivity contribution in [3.8, 4) is 11.5 Å². The molecule has 0 amide bonds. The Morgan fingerprint density at radius 1 is 1.04 bits per heavy atom. The van der Waals surface area contributed by atoms with Gasteiger partial charge in [0.15, 0.2) is 24.7 Å². The van der Waals surface area contributed by atoms with E-state index in [2.05, 4.69) is 4.79 Å². The van der Waals surface area contributed by atoms with Gasteiger partial charge < -0.3 is 28.9 Å². The van der Waals surface area contributed by atoms with Gasteiger partial charge in [0, 0.05) is 17.5 Å². The van der Waals surface area contributed by atoms with Crippen LogP contribution < -0.4 is 15.1 Å². The minimum Gasteiger partial charge on any atom is -0.478 e. The van der Waals surface area contributed by atoms with Gasteiger partial charge in [0.1, 0.15) is 5.58 Å². The zero-order valence-electron chi connectivity index (χ0n) is 15.3. The molecule has 28 heavy (non-hydrogen) atoms. The van der Waals surface area contributed by atoms with Crippen molar-refractivity contribution < 1.29 is 37.7 Å². The van der Waals surface area contributed by atoms with Gasteiger partial charge >= 0.3 is 17.6 Å². The highest BCUT2D eigenvalue weighted by atomic mass is 16.6. The minimum absolute atomic E-state index is 0.0473. The standard InChI is InChI=1S/C18H18N2O8/c1-3-24-17(22)9-26-14-6-12-11(8-20-19)5-16(21)28-13(12)7-15(14)27-10-18(23)25-4-2/h5-8H,3-4,9-10H2,1-2H3. The Labute approximate surface area is 159 Å². The van der Waals surface area contributed by atoms with E-state index < -0.39 is 30.8 Å². The van der Waals surface area contributed by atoms with Crippen LogP contribution in [-0.4, -0.2) is 49.4 Å². The third-order valence-electron chi connectivity index (χ3n) is 3.34. The average molecular weight is 390 g/mol. The molecule has 0 saturated carbocycles. The number of hydrogen-bond acceptors (Lipinski definition) is 8. The summed E-state index contributed by atoms with van der Waals surface area (Å²) in [6.45, 7) is 2.86. The molecule has 0 aliphatic carbocycles. The first-order valence-corrected chi connectivity index (χ1v) is 8.34. The molecule has 0 bridgehead atoms. The topological polar surface area (TPSA) is 138 Å². The average Bonchev–Trinajstić information content (AvgIpc) is 2.65. The van der Waals surface area contributed by atoms with Gasteiger partial charge in [0.2, 0.25) is 0 Å². The molecule has 1 heterocycles. The molecular formula is C18H18N2O8. The molecule has 1 aromatic carbocycles. The molecule has 0 aliphatic heterocycles. The summed E-state index contributed by atoms with van der Waals surface area (Å²) in [5.41, 5.74) is 8.47. The van der Waals surface area contributed by atoms with E-state index in [-0.39, 0.29) is 35.9 Å². The van der Waals surface area contributed by atoms with E-state index in [1.807, 2.05) is 0 Å². The van der Waals surface area contributed by atoms with E-state index in [1.165, 1.54) is 12.1 Å². The lowest BCUT2D eigenvalue weighted by Crippen LogP contribution is -2.17. The van der Waals surface area contributed by atoms with Crippen LogP contribution in [0.1, 0.15) is 19.4 Å². The molecule has 0 radical (unpaired) electrons. The second-order valence-corrected chi connectivity index (χ2v) is 5.25. The van der Waals surface area contributed by atoms with Crippen LogP contribution in [0.25, 0.3) is 16.5 Å². The van der Waals surface area contributed by atoms with E-state index in [9.17, 15) is 14.4 Å². The first kappa shape index (κ1) is 20.7. The molecule has 10 heteroatoms. The molecular weight excluding hydrogens is 372 g/mol. The Kier molecular flexibility index (Phi) is 7.29. The fourth-order valence-corrected chi connectivity index (χ4v) is 2.27. The molecule has 0 N–H and O–H groups in total. The van der Waals surface area contributed by atoms with Gasteiger partial charge in [-0.15, -0.1) is 0 Å². The van der Waals surface area contributed by atoms with E-state index in [0.717, 1.165) is 12.3 Å². The summed E-state index contributed by atoms with van der Waals surface area (Å²) in [7, 11) is 0. The van der Waals surface area contributed by atoms with Crippen LogP contribution in [0.3, 0.4) is 0 Å². The summed E-state index contributed by atoms with van der Waals surface area (Å²) >= 11 is 0. The molecule has 10 nitrogen and oxygen atoms in total. The van der Waals surface area contributed by atoms with Crippen LogP contribution in [0.4, 0.5) is 0 Å². The number of carbonyl (C=O) groups is 2. The van der Waals surface area contributed by atoms with Gasteiger partial charge in [-0.05, 0) is 19.9 Å². The molecule has 0 aliphatic rings. The first-order chi connectivity index (χ1) is 13.5. The van der Waals surface area contributed by atoms with Crippen molar-refractivity contribution in [3.05, 3.63) is 39.7 Å². The lowest BCUT2D eigenvalue weighted by Gasteiger charge is -2.13. The summed E-state index contributed by atoms with van der Waals surface area (Å²) < 4.78 is 25.6. The molecule has 2 aromatic rings. The van der Waals surface area contributed by atoms with E-state index in [4.69, 9.17) is 28.9 Å². The number of fused-ring (bicyclic) bond motifs is 1. The van der Waals surface area contributed by atoms with Crippen LogP contribution in [0.5, 0.6) is 11.5 Å². The second kappa shape index (κ2) is 9.89. The van der Waals surface area contributed by atoms with Gasteiger partial charge in [-0.3, -0.25) is 0 Å². The summed E-state index contributed by atoms with van der Waals surface area (Å²) in [6, 6.07) is 3.87. The fourth-order valence-electron chi connectivity index (χ4n) is 2.27. The lowest BCUT2D eigenvalue weighted by atomic mass is 10.1. The zero-order chi connectivity index (χ0) is 20.5. The van der Waals surface area contributed by atoms with Gasteiger partial charge in [-0.1, -0.05) is 0 Å². The molecule has 0 atom stereocenters. The number of benzene rings is 1. The van der Waals surface area contributed by atoms with Crippen molar-refractivity contribution in [2.45, 2.75) is 13.8 Å². The number of esters is 2. The molecule has 2 rings (SSSR count). The highest BCUT2D eigenvalue weighted by Gasteiger charge is 2.16. The summed E-state index contributed by atoms with van der Waals surface area (Å²) in [5, 5.41) is 0.361. The van der Waals surface area contributed by atoms with Crippen LogP contribution >= 0.6 is 0 Å². The highest BCUT2D eigenvalue weighted by molar-refractivity contribution is 5.96.